The highest BCUT2D eigenvalue weighted by atomic mass is 79.9. The maximum absolute atomic E-state index is 3.79. The van der Waals surface area contributed by atoms with Crippen LogP contribution in [-0.2, 0) is 13.1 Å². The summed E-state index contributed by atoms with van der Waals surface area (Å²) in [4.78, 5) is 0. The van der Waals surface area contributed by atoms with Gasteiger partial charge in [0, 0.05) is 29.6 Å². The van der Waals surface area contributed by atoms with Gasteiger partial charge in [-0.2, -0.15) is 0 Å². The summed E-state index contributed by atoms with van der Waals surface area (Å²) in [5.41, 5.74) is 4.07. The van der Waals surface area contributed by atoms with E-state index in [1.54, 1.807) is 0 Å². The minimum atomic E-state index is 0. The van der Waals surface area contributed by atoms with Crippen LogP contribution in [0.2, 0.25) is 0 Å². The zero-order valence-electron chi connectivity index (χ0n) is 15.2. The van der Waals surface area contributed by atoms with E-state index < -0.39 is 0 Å². The summed E-state index contributed by atoms with van der Waals surface area (Å²) >= 11 is 3.50. The SMILES string of the molecule is Cc1cccc(CNC2CCCCC2NCc2ccc(Br)cc2)c1.Cl.Cl. The van der Waals surface area contributed by atoms with Crippen molar-refractivity contribution >= 4 is 40.7 Å². The second-order valence-electron chi connectivity index (χ2n) is 6.87. The van der Waals surface area contributed by atoms with E-state index in [-0.39, 0.29) is 24.8 Å². The molecule has 0 spiro atoms. The lowest BCUT2D eigenvalue weighted by Gasteiger charge is -2.33. The third-order valence-electron chi connectivity index (χ3n) is 4.90. The van der Waals surface area contributed by atoms with Gasteiger partial charge in [0.05, 0.1) is 0 Å². The van der Waals surface area contributed by atoms with Crippen molar-refractivity contribution in [3.05, 3.63) is 69.7 Å². The molecular weight excluding hydrogens is 431 g/mol. The first-order chi connectivity index (χ1) is 11.7. The van der Waals surface area contributed by atoms with Crippen LogP contribution in [0.1, 0.15) is 42.4 Å². The first-order valence-corrected chi connectivity index (χ1v) is 9.77. The maximum atomic E-state index is 3.79. The molecule has 0 radical (unpaired) electrons. The molecule has 2 N–H and O–H groups in total. The van der Waals surface area contributed by atoms with Crippen molar-refractivity contribution in [1.82, 2.24) is 10.6 Å². The number of aryl methyl sites for hydroxylation is 1. The van der Waals surface area contributed by atoms with Gasteiger partial charge in [-0.25, -0.2) is 0 Å². The minimum Gasteiger partial charge on any atom is -0.308 e. The van der Waals surface area contributed by atoms with Gasteiger partial charge in [0.2, 0.25) is 0 Å². The minimum absolute atomic E-state index is 0. The molecule has 2 atom stereocenters. The van der Waals surface area contributed by atoms with Crippen molar-refractivity contribution in [3.63, 3.8) is 0 Å². The van der Waals surface area contributed by atoms with Crippen LogP contribution in [0, 0.1) is 6.92 Å². The van der Waals surface area contributed by atoms with Crippen molar-refractivity contribution < 1.29 is 0 Å². The first kappa shape index (κ1) is 23.5. The van der Waals surface area contributed by atoms with Crippen LogP contribution in [0.3, 0.4) is 0 Å². The van der Waals surface area contributed by atoms with Gasteiger partial charge in [0.1, 0.15) is 0 Å². The summed E-state index contributed by atoms with van der Waals surface area (Å²) in [5, 5.41) is 7.57. The summed E-state index contributed by atoms with van der Waals surface area (Å²) in [7, 11) is 0. The van der Waals surface area contributed by atoms with E-state index in [1.807, 2.05) is 0 Å². The largest absolute Gasteiger partial charge is 0.308 e. The molecule has 2 aromatic carbocycles. The number of halogens is 3. The fourth-order valence-corrected chi connectivity index (χ4v) is 3.81. The van der Waals surface area contributed by atoms with Gasteiger partial charge in [-0.15, -0.1) is 24.8 Å². The molecule has 0 heterocycles. The molecule has 0 bridgehead atoms. The fourth-order valence-electron chi connectivity index (χ4n) is 3.54. The molecule has 0 amide bonds. The van der Waals surface area contributed by atoms with Gasteiger partial charge >= 0.3 is 0 Å². The Balaban J connectivity index is 0.00000169. The molecule has 0 saturated heterocycles. The summed E-state index contributed by atoms with van der Waals surface area (Å²) in [5.74, 6) is 0. The number of rotatable bonds is 6. The fraction of sp³-hybridized carbons (Fsp3) is 0.429. The molecule has 1 aliphatic rings. The summed E-state index contributed by atoms with van der Waals surface area (Å²) in [6, 6.07) is 18.5. The Labute approximate surface area is 178 Å². The van der Waals surface area contributed by atoms with Crippen LogP contribution in [0.15, 0.2) is 53.0 Å². The van der Waals surface area contributed by atoms with Gasteiger partial charge in [0.25, 0.3) is 0 Å². The molecule has 1 fully saturated rings. The van der Waals surface area contributed by atoms with E-state index in [0.29, 0.717) is 12.1 Å². The molecule has 2 aromatic rings. The van der Waals surface area contributed by atoms with Gasteiger partial charge in [-0.3, -0.25) is 0 Å². The van der Waals surface area contributed by atoms with E-state index >= 15 is 0 Å². The second kappa shape index (κ2) is 12.0. The molecule has 1 saturated carbocycles. The van der Waals surface area contributed by atoms with Crippen LogP contribution in [0.4, 0.5) is 0 Å². The lowest BCUT2D eigenvalue weighted by molar-refractivity contribution is 0.281. The van der Waals surface area contributed by atoms with Crippen LogP contribution in [-0.4, -0.2) is 12.1 Å². The third-order valence-corrected chi connectivity index (χ3v) is 5.43. The van der Waals surface area contributed by atoms with Crippen LogP contribution >= 0.6 is 40.7 Å². The number of benzene rings is 2. The molecule has 26 heavy (non-hydrogen) atoms. The van der Waals surface area contributed by atoms with Gasteiger partial charge in [-0.05, 0) is 43.0 Å². The van der Waals surface area contributed by atoms with Crippen molar-refractivity contribution in [3.8, 4) is 0 Å². The van der Waals surface area contributed by atoms with Gasteiger partial charge in [-0.1, -0.05) is 70.7 Å². The molecule has 1 aliphatic carbocycles. The third kappa shape index (κ3) is 7.21. The average molecular weight is 460 g/mol. The Hall–Kier alpha value is -0.580. The summed E-state index contributed by atoms with van der Waals surface area (Å²) < 4.78 is 1.14. The summed E-state index contributed by atoms with van der Waals surface area (Å²) in [6.45, 7) is 4.07. The highest BCUT2D eigenvalue weighted by molar-refractivity contribution is 9.10. The highest BCUT2D eigenvalue weighted by Gasteiger charge is 2.24. The lowest BCUT2D eigenvalue weighted by atomic mass is 9.90. The van der Waals surface area contributed by atoms with E-state index in [4.69, 9.17) is 0 Å². The monoisotopic (exact) mass is 458 g/mol. The smallest absolute Gasteiger partial charge is 0.0224 e. The second-order valence-corrected chi connectivity index (χ2v) is 7.79. The number of hydrogen-bond donors (Lipinski definition) is 2. The van der Waals surface area contributed by atoms with Crippen LogP contribution in [0.5, 0.6) is 0 Å². The zero-order valence-corrected chi connectivity index (χ0v) is 18.4. The molecule has 0 aliphatic heterocycles. The lowest BCUT2D eigenvalue weighted by Crippen LogP contribution is -2.49. The Kier molecular flexibility index (Phi) is 10.8. The van der Waals surface area contributed by atoms with E-state index in [9.17, 15) is 0 Å². The standard InChI is InChI=1S/C21H27BrN2.2ClH/c1-16-5-4-6-18(13-16)15-24-21-8-3-2-7-20(21)23-14-17-9-11-19(22)12-10-17;;/h4-6,9-13,20-21,23-24H,2-3,7-8,14-15H2,1H3;2*1H. The molecule has 5 heteroatoms. The Bertz CT molecular complexity index is 649. The highest BCUT2D eigenvalue weighted by Crippen LogP contribution is 2.20. The molecule has 144 valence electrons. The zero-order chi connectivity index (χ0) is 16.8. The van der Waals surface area contributed by atoms with Gasteiger partial charge < -0.3 is 10.6 Å². The van der Waals surface area contributed by atoms with Crippen molar-refractivity contribution in [1.29, 1.82) is 0 Å². The topological polar surface area (TPSA) is 24.1 Å². The van der Waals surface area contributed by atoms with Crippen molar-refractivity contribution in [2.45, 2.75) is 57.8 Å². The van der Waals surface area contributed by atoms with E-state index in [0.717, 1.165) is 17.6 Å². The van der Waals surface area contributed by atoms with Crippen LogP contribution < -0.4 is 10.6 Å². The number of nitrogens with one attached hydrogen (secondary N) is 2. The van der Waals surface area contributed by atoms with Gasteiger partial charge in [0.15, 0.2) is 0 Å². The van der Waals surface area contributed by atoms with Crippen molar-refractivity contribution in [2.75, 3.05) is 0 Å². The quantitative estimate of drug-likeness (QED) is 0.570. The predicted molar refractivity (Wildman–Crippen MR) is 120 cm³/mol. The van der Waals surface area contributed by atoms with E-state index in [2.05, 4.69) is 82.0 Å². The first-order valence-electron chi connectivity index (χ1n) is 8.97. The Morgan fingerprint density at radius 2 is 1.42 bits per heavy atom. The Morgan fingerprint density at radius 1 is 0.846 bits per heavy atom. The van der Waals surface area contributed by atoms with Crippen LogP contribution in [0.25, 0.3) is 0 Å². The summed E-state index contributed by atoms with van der Waals surface area (Å²) in [6.07, 6.45) is 5.20. The Morgan fingerprint density at radius 3 is 2.00 bits per heavy atom. The molecular formula is C21H29BrCl2N2. The van der Waals surface area contributed by atoms with Crippen molar-refractivity contribution in [2.24, 2.45) is 0 Å². The normalized spacial score (nSPS) is 19.3. The average Bonchev–Trinajstić information content (AvgIpc) is 2.60. The molecule has 2 unspecified atom stereocenters. The number of hydrogen-bond acceptors (Lipinski definition) is 2. The molecule has 0 aromatic heterocycles. The van der Waals surface area contributed by atoms with E-state index in [1.165, 1.54) is 42.4 Å². The predicted octanol–water partition coefficient (Wildman–Crippen LogP) is 5.79. The maximum Gasteiger partial charge on any atom is 0.0224 e. The molecule has 2 nitrogen and oxygen atoms in total. The molecule has 3 rings (SSSR count).